The number of amides is 1. The van der Waals surface area contributed by atoms with Crippen molar-refractivity contribution in [2.75, 3.05) is 0 Å². The van der Waals surface area contributed by atoms with E-state index in [1.807, 2.05) is 51.1 Å². The van der Waals surface area contributed by atoms with Crippen molar-refractivity contribution in [1.82, 2.24) is 14.3 Å². The lowest BCUT2D eigenvalue weighted by Crippen LogP contribution is -2.28. The van der Waals surface area contributed by atoms with Gasteiger partial charge in [-0.05, 0) is 44.0 Å². The van der Waals surface area contributed by atoms with Crippen LogP contribution in [0.2, 0.25) is 0 Å². The number of para-hydroxylation sites is 1. The molecule has 4 aromatic rings. The minimum absolute atomic E-state index is 0.262. The molecule has 0 aliphatic carbocycles. The van der Waals surface area contributed by atoms with Gasteiger partial charge in [-0.1, -0.05) is 30.3 Å². The molecule has 2 aromatic heterocycles. The van der Waals surface area contributed by atoms with Gasteiger partial charge in [0.25, 0.3) is 5.56 Å². The second kappa shape index (κ2) is 5.56. The number of carbonyl (C=O) groups excluding carboxylic acids is 1. The second-order valence-corrected chi connectivity index (χ2v) is 6.44. The van der Waals surface area contributed by atoms with E-state index >= 15 is 0 Å². The summed E-state index contributed by atoms with van der Waals surface area (Å²) in [6.45, 7) is 5.72. The van der Waals surface area contributed by atoms with Gasteiger partial charge in [0, 0.05) is 10.8 Å². The van der Waals surface area contributed by atoms with Gasteiger partial charge in [-0.25, -0.2) is 4.79 Å². The summed E-state index contributed by atoms with van der Waals surface area (Å²) in [4.78, 5) is 25.5. The molecule has 0 aliphatic heterocycles. The molecule has 0 saturated heterocycles. The second-order valence-electron chi connectivity index (χ2n) is 6.44. The maximum atomic E-state index is 13.2. The van der Waals surface area contributed by atoms with Gasteiger partial charge in [0.2, 0.25) is 0 Å². The Labute approximate surface area is 149 Å². The normalized spacial score (nSPS) is 11.3. The quantitative estimate of drug-likeness (QED) is 0.574. The highest BCUT2D eigenvalue weighted by atomic mass is 16.2. The lowest BCUT2D eigenvalue weighted by molar-refractivity contribution is 0.252. The molecule has 0 aliphatic rings. The van der Waals surface area contributed by atoms with Gasteiger partial charge in [-0.15, -0.1) is 0 Å². The van der Waals surface area contributed by atoms with E-state index < -0.39 is 6.03 Å². The molecule has 0 bridgehead atoms. The number of nitrogens with two attached hydrogens (primary N) is 1. The van der Waals surface area contributed by atoms with Crippen LogP contribution in [0.4, 0.5) is 4.79 Å². The van der Waals surface area contributed by atoms with Crippen molar-refractivity contribution < 1.29 is 4.79 Å². The number of benzene rings is 2. The molecule has 1 amide bonds. The molecule has 130 valence electrons. The number of nitrogens with zero attached hydrogens (tertiary/aromatic N) is 3. The van der Waals surface area contributed by atoms with Gasteiger partial charge in [-0.3, -0.25) is 9.36 Å². The van der Waals surface area contributed by atoms with Crippen LogP contribution in [0.15, 0.2) is 47.3 Å². The zero-order valence-corrected chi connectivity index (χ0v) is 14.8. The minimum atomic E-state index is -0.680. The van der Waals surface area contributed by atoms with E-state index in [0.717, 1.165) is 16.5 Å². The van der Waals surface area contributed by atoms with Crippen LogP contribution in [0.1, 0.15) is 16.8 Å². The number of carbonyl (C=O) groups is 1. The fourth-order valence-electron chi connectivity index (χ4n) is 3.52. The predicted molar refractivity (Wildman–Crippen MR) is 102 cm³/mol. The molecule has 2 aromatic carbocycles. The molecule has 4 rings (SSSR count). The zero-order valence-electron chi connectivity index (χ0n) is 14.8. The number of aromatic nitrogens is 3. The van der Waals surface area contributed by atoms with Crippen LogP contribution in [0, 0.1) is 20.8 Å². The first-order valence-electron chi connectivity index (χ1n) is 8.31. The summed E-state index contributed by atoms with van der Waals surface area (Å²) < 4.78 is 2.64. The van der Waals surface area contributed by atoms with Crippen LogP contribution < -0.4 is 11.3 Å². The number of aryl methyl sites for hydroxylation is 3. The third-order valence-electron chi connectivity index (χ3n) is 4.88. The smallest absolute Gasteiger partial charge is 0.324 e. The van der Waals surface area contributed by atoms with E-state index in [1.54, 1.807) is 12.1 Å². The highest BCUT2D eigenvalue weighted by molar-refractivity contribution is 6.14. The Hall–Kier alpha value is -3.41. The Morgan fingerprint density at radius 3 is 2.35 bits per heavy atom. The molecule has 0 saturated carbocycles. The van der Waals surface area contributed by atoms with Crippen molar-refractivity contribution in [3.63, 3.8) is 0 Å². The average Bonchev–Trinajstić information content (AvgIpc) is 2.99. The molecule has 0 radical (unpaired) electrons. The molecule has 0 atom stereocenters. The lowest BCUT2D eigenvalue weighted by atomic mass is 10.0. The summed E-state index contributed by atoms with van der Waals surface area (Å²) in [5, 5.41) is 5.96. The number of rotatable bonds is 1. The van der Waals surface area contributed by atoms with Gasteiger partial charge in [0.1, 0.15) is 5.52 Å². The summed E-state index contributed by atoms with van der Waals surface area (Å²) in [5.41, 5.74) is 9.47. The fourth-order valence-corrected chi connectivity index (χ4v) is 3.52. The molecule has 0 fully saturated rings. The molecule has 26 heavy (non-hydrogen) atoms. The molecule has 0 spiro atoms. The van der Waals surface area contributed by atoms with Crippen molar-refractivity contribution in [3.8, 4) is 5.69 Å². The largest absolute Gasteiger partial charge is 0.351 e. The van der Waals surface area contributed by atoms with E-state index in [9.17, 15) is 9.59 Å². The van der Waals surface area contributed by atoms with E-state index in [4.69, 9.17) is 5.73 Å². The SMILES string of the molecule is Cc1ccc2c3c(C)nn(-c4ccccc4)c(=O)c3n(C(N)=O)c2c1C. The van der Waals surface area contributed by atoms with Crippen molar-refractivity contribution in [3.05, 3.63) is 69.6 Å². The van der Waals surface area contributed by atoms with E-state index in [1.165, 1.54) is 9.25 Å². The summed E-state index contributed by atoms with van der Waals surface area (Å²) in [5.74, 6) is 0. The number of fused-ring (bicyclic) bond motifs is 3. The Kier molecular flexibility index (Phi) is 3.44. The highest BCUT2D eigenvalue weighted by Gasteiger charge is 2.23. The summed E-state index contributed by atoms with van der Waals surface area (Å²) in [6, 6.07) is 12.3. The summed E-state index contributed by atoms with van der Waals surface area (Å²) >= 11 is 0. The molecule has 6 nitrogen and oxygen atoms in total. The Balaban J connectivity index is 2.29. The topological polar surface area (TPSA) is 82.9 Å². The van der Waals surface area contributed by atoms with Gasteiger partial charge >= 0.3 is 6.03 Å². The van der Waals surface area contributed by atoms with Crippen molar-refractivity contribution in [2.45, 2.75) is 20.8 Å². The van der Waals surface area contributed by atoms with Crippen LogP contribution in [0.5, 0.6) is 0 Å². The van der Waals surface area contributed by atoms with Gasteiger partial charge in [-0.2, -0.15) is 9.78 Å². The molecule has 2 N–H and O–H groups in total. The van der Waals surface area contributed by atoms with Crippen molar-refractivity contribution in [1.29, 1.82) is 0 Å². The standard InChI is InChI=1S/C20H18N4O2/c1-11-9-10-15-16-13(3)22-24(14-7-5-4-6-8-14)19(25)18(16)23(20(21)26)17(15)12(11)2/h4-10H,1-3H3,(H2,21,26). The van der Waals surface area contributed by atoms with Crippen LogP contribution in [-0.2, 0) is 0 Å². The van der Waals surface area contributed by atoms with Crippen LogP contribution in [0.25, 0.3) is 27.5 Å². The molecular weight excluding hydrogens is 328 g/mol. The minimum Gasteiger partial charge on any atom is -0.351 e. The van der Waals surface area contributed by atoms with Crippen molar-refractivity contribution in [2.24, 2.45) is 5.73 Å². The molecule has 6 heteroatoms. The van der Waals surface area contributed by atoms with Gasteiger partial charge in [0.05, 0.1) is 16.9 Å². The Morgan fingerprint density at radius 1 is 1.00 bits per heavy atom. The first-order chi connectivity index (χ1) is 12.4. The first-order valence-corrected chi connectivity index (χ1v) is 8.31. The monoisotopic (exact) mass is 346 g/mol. The Morgan fingerprint density at radius 2 is 1.69 bits per heavy atom. The Bertz CT molecular complexity index is 1250. The summed E-state index contributed by atoms with van der Waals surface area (Å²) in [6.07, 6.45) is 0. The lowest BCUT2D eigenvalue weighted by Gasteiger charge is -2.08. The fraction of sp³-hybridized carbons (Fsp3) is 0.150. The number of primary amides is 1. The number of hydrogen-bond acceptors (Lipinski definition) is 3. The predicted octanol–water partition coefficient (Wildman–Crippen LogP) is 3.19. The van der Waals surface area contributed by atoms with Crippen LogP contribution >= 0.6 is 0 Å². The maximum absolute atomic E-state index is 13.2. The van der Waals surface area contributed by atoms with Crippen LogP contribution in [0.3, 0.4) is 0 Å². The van der Waals surface area contributed by atoms with Crippen molar-refractivity contribution >= 4 is 27.8 Å². The highest BCUT2D eigenvalue weighted by Crippen LogP contribution is 2.32. The average molecular weight is 346 g/mol. The summed E-state index contributed by atoms with van der Waals surface area (Å²) in [7, 11) is 0. The number of hydrogen-bond donors (Lipinski definition) is 1. The van der Waals surface area contributed by atoms with Gasteiger partial charge in [0.15, 0.2) is 0 Å². The van der Waals surface area contributed by atoms with E-state index in [2.05, 4.69) is 5.10 Å². The molecular formula is C20H18N4O2. The van der Waals surface area contributed by atoms with E-state index in [0.29, 0.717) is 22.3 Å². The van der Waals surface area contributed by atoms with Crippen LogP contribution in [-0.4, -0.2) is 20.4 Å². The first kappa shape index (κ1) is 16.1. The molecule has 0 unspecified atom stereocenters. The maximum Gasteiger partial charge on any atom is 0.324 e. The molecule has 2 heterocycles. The van der Waals surface area contributed by atoms with Gasteiger partial charge < -0.3 is 5.73 Å². The third kappa shape index (κ3) is 2.08. The van der Waals surface area contributed by atoms with E-state index in [-0.39, 0.29) is 11.1 Å². The third-order valence-corrected chi connectivity index (χ3v) is 4.88. The zero-order chi connectivity index (χ0) is 18.6.